The van der Waals surface area contributed by atoms with Crippen molar-refractivity contribution >= 4 is 46.4 Å². The molecule has 2 aromatic heterocycles. The van der Waals surface area contributed by atoms with Crippen LogP contribution in [0.3, 0.4) is 0 Å². The molecule has 1 saturated heterocycles. The molecule has 0 saturated carbocycles. The van der Waals surface area contributed by atoms with E-state index in [1.54, 1.807) is 38.1 Å². The van der Waals surface area contributed by atoms with E-state index in [1.165, 1.54) is 19.1 Å². The summed E-state index contributed by atoms with van der Waals surface area (Å²) in [7, 11) is 0. The van der Waals surface area contributed by atoms with Crippen molar-refractivity contribution in [1.29, 1.82) is 0 Å². The molecule has 4 amide bonds. The molecule has 10 N–H and O–H groups in total. The van der Waals surface area contributed by atoms with Gasteiger partial charge in [-0.05, 0) is 49.4 Å². The lowest BCUT2D eigenvalue weighted by atomic mass is 10.0. The van der Waals surface area contributed by atoms with Crippen LogP contribution in [0.15, 0.2) is 52.6 Å². The average Bonchev–Trinajstić information content (AvgIpc) is 3.56. The minimum atomic E-state index is -1.62. The van der Waals surface area contributed by atoms with Crippen LogP contribution in [0.1, 0.15) is 51.8 Å². The maximum absolute atomic E-state index is 13.4. The fraction of sp³-hybridized carbons (Fsp3) is 0.486. The molecule has 0 spiro atoms. The molecule has 54 heavy (non-hydrogen) atoms. The van der Waals surface area contributed by atoms with Crippen molar-refractivity contribution in [1.82, 2.24) is 24.8 Å². The number of imidazole rings is 1. The second-order valence-corrected chi connectivity index (χ2v) is 13.2. The number of aliphatic hydroxyl groups excluding tert-OH is 3. The highest BCUT2D eigenvalue weighted by Crippen LogP contribution is 2.31. The summed E-state index contributed by atoms with van der Waals surface area (Å²) in [5.74, 6) is -1.70. The van der Waals surface area contributed by atoms with Gasteiger partial charge >= 0.3 is 11.8 Å². The Hall–Kier alpha value is -5.34. The number of unbranched alkanes of at least 4 members (excludes halogenated alkanes) is 1. The normalized spacial score (nSPS) is 19.3. The molecule has 1 aliphatic heterocycles. The van der Waals surface area contributed by atoms with E-state index in [2.05, 4.69) is 32.8 Å². The van der Waals surface area contributed by atoms with Crippen LogP contribution in [0.4, 0.5) is 16.3 Å². The number of hydrogen-bond donors (Lipinski definition) is 9. The molecule has 0 unspecified atom stereocenters. The lowest BCUT2D eigenvalue weighted by Crippen LogP contribution is -2.54. The van der Waals surface area contributed by atoms with Crippen LogP contribution in [0.2, 0.25) is 0 Å². The first-order valence-electron chi connectivity index (χ1n) is 17.4. The summed E-state index contributed by atoms with van der Waals surface area (Å²) >= 11 is 0. The van der Waals surface area contributed by atoms with E-state index in [-0.39, 0.29) is 41.8 Å². The quantitative estimate of drug-likeness (QED) is 0.0637. The first-order valence-corrected chi connectivity index (χ1v) is 17.4. The molecule has 3 heterocycles. The highest BCUT2D eigenvalue weighted by atomic mass is 16.6. The Bertz CT molecular complexity index is 1940. The number of nitrogens with two attached hydrogens (primary N) is 1. The van der Waals surface area contributed by atoms with Crippen molar-refractivity contribution in [2.45, 2.75) is 89.8 Å². The number of hydrogen-bond acceptors (Lipinski definition) is 12. The Morgan fingerprint density at radius 2 is 1.76 bits per heavy atom. The highest BCUT2D eigenvalue weighted by Gasteiger charge is 2.45. The summed E-state index contributed by atoms with van der Waals surface area (Å²) in [4.78, 5) is 79.6. The molecule has 1 fully saturated rings. The van der Waals surface area contributed by atoms with E-state index in [0.717, 1.165) is 9.13 Å². The van der Waals surface area contributed by atoms with Crippen LogP contribution in [0.25, 0.3) is 11.0 Å². The maximum Gasteiger partial charge on any atom is 0.413 e. The zero-order valence-corrected chi connectivity index (χ0v) is 30.2. The minimum absolute atomic E-state index is 0.0398. The molecule has 6 atom stereocenters. The molecule has 19 nitrogen and oxygen atoms in total. The number of aromatic amines is 1. The summed E-state index contributed by atoms with van der Waals surface area (Å²) in [5.41, 5.74) is 4.87. The first kappa shape index (κ1) is 41.4. The number of H-pyrrole nitrogens is 1. The van der Waals surface area contributed by atoms with Crippen LogP contribution in [0.5, 0.6) is 0 Å². The van der Waals surface area contributed by atoms with Crippen molar-refractivity contribution < 1.29 is 44.0 Å². The Morgan fingerprint density at radius 3 is 2.35 bits per heavy atom. The van der Waals surface area contributed by atoms with Gasteiger partial charge in [0.15, 0.2) is 6.23 Å². The Labute approximate surface area is 309 Å². The molecule has 0 radical (unpaired) electrons. The third kappa shape index (κ3) is 9.79. The van der Waals surface area contributed by atoms with E-state index >= 15 is 0 Å². The number of benzene rings is 1. The number of anilines is 2. The predicted molar refractivity (Wildman–Crippen MR) is 196 cm³/mol. The molecule has 294 valence electrons. The molecule has 1 aromatic carbocycles. The Balaban J connectivity index is 1.43. The van der Waals surface area contributed by atoms with Gasteiger partial charge in [-0.3, -0.25) is 33.6 Å². The standard InChI is InChI=1S/C35H48N8O11/c1-5-14-42-27-23(43(35(42)52)33-29(47)28(46)24(16-44)54-33)15-25(40-32(27)50)41-34(51)53-17-20-9-11-21(12-10-20)38-30(48)22(8-6-7-13-36)39-31(49)26(18(2)3)37-19(4)45/h5,9-12,15,18,22,24,26,28-29,33,44,46-47H,1,6-8,13-14,16-17,36H2,2-4H3,(H,37,45)(H,38,48)(H,39,49)(H2,40,41,50,51)/t22-,24+,26-,28+,29+,33+/m0/s1. The average molecular weight is 757 g/mol. The topological polar surface area (TPSA) is 281 Å². The fourth-order valence-corrected chi connectivity index (χ4v) is 6.00. The number of rotatable bonds is 17. The van der Waals surface area contributed by atoms with Crippen molar-refractivity contribution in [2.75, 3.05) is 23.8 Å². The molecule has 1 aliphatic rings. The number of pyridine rings is 1. The van der Waals surface area contributed by atoms with Gasteiger partial charge in [-0.1, -0.05) is 32.1 Å². The van der Waals surface area contributed by atoms with E-state index in [0.29, 0.717) is 37.1 Å². The molecule has 19 heteroatoms. The van der Waals surface area contributed by atoms with Gasteiger partial charge in [0, 0.05) is 25.2 Å². The summed E-state index contributed by atoms with van der Waals surface area (Å²) in [6.45, 7) is 7.96. The van der Waals surface area contributed by atoms with E-state index in [4.69, 9.17) is 15.2 Å². The van der Waals surface area contributed by atoms with E-state index in [1.807, 2.05) is 0 Å². The zero-order chi connectivity index (χ0) is 39.7. The number of nitrogens with one attached hydrogen (secondary N) is 5. The number of allylic oxidation sites excluding steroid dienone is 1. The van der Waals surface area contributed by atoms with Gasteiger partial charge < -0.3 is 51.5 Å². The molecule has 4 rings (SSSR count). The fourth-order valence-electron chi connectivity index (χ4n) is 6.00. The van der Waals surface area contributed by atoms with Crippen LogP contribution in [-0.4, -0.2) is 96.8 Å². The van der Waals surface area contributed by atoms with E-state index < -0.39 is 72.4 Å². The summed E-state index contributed by atoms with van der Waals surface area (Å²) in [5, 5.41) is 40.9. The van der Waals surface area contributed by atoms with Crippen LogP contribution >= 0.6 is 0 Å². The van der Waals surface area contributed by atoms with Gasteiger partial charge in [0.1, 0.15) is 48.3 Å². The third-order valence-corrected chi connectivity index (χ3v) is 8.75. The molecular formula is C35H48N8O11. The van der Waals surface area contributed by atoms with Gasteiger partial charge in [-0.15, -0.1) is 6.58 Å². The molecular weight excluding hydrogens is 708 g/mol. The van der Waals surface area contributed by atoms with Crippen LogP contribution < -0.4 is 38.2 Å². The number of fused-ring (bicyclic) bond motifs is 1. The first-order chi connectivity index (χ1) is 25.7. The largest absolute Gasteiger partial charge is 0.444 e. The number of ether oxygens (including phenoxy) is 2. The van der Waals surface area contributed by atoms with Crippen LogP contribution in [-0.2, 0) is 37.0 Å². The number of amides is 4. The number of aromatic nitrogens is 3. The summed E-state index contributed by atoms with van der Waals surface area (Å²) in [6.07, 6.45) is -3.82. The highest BCUT2D eigenvalue weighted by molar-refractivity contribution is 5.98. The third-order valence-electron chi connectivity index (χ3n) is 8.75. The van der Waals surface area contributed by atoms with Crippen LogP contribution in [0, 0.1) is 5.92 Å². The van der Waals surface area contributed by atoms with Gasteiger partial charge in [0.05, 0.1) is 12.1 Å². The smallest absolute Gasteiger partial charge is 0.413 e. The van der Waals surface area contributed by atoms with Crippen molar-refractivity contribution in [3.63, 3.8) is 0 Å². The van der Waals surface area contributed by atoms with Crippen molar-refractivity contribution in [2.24, 2.45) is 11.7 Å². The zero-order valence-electron chi connectivity index (χ0n) is 30.2. The Kier molecular flexibility index (Phi) is 14.3. The van der Waals surface area contributed by atoms with Crippen molar-refractivity contribution in [3.8, 4) is 0 Å². The number of nitrogens with zero attached hydrogens (tertiary/aromatic N) is 2. The lowest BCUT2D eigenvalue weighted by molar-refractivity contribution is -0.131. The van der Waals surface area contributed by atoms with Gasteiger partial charge in [-0.25, -0.2) is 9.59 Å². The molecule has 0 bridgehead atoms. The van der Waals surface area contributed by atoms with Crippen molar-refractivity contribution in [3.05, 3.63) is 69.4 Å². The van der Waals surface area contributed by atoms with Gasteiger partial charge in [0.2, 0.25) is 17.7 Å². The monoisotopic (exact) mass is 756 g/mol. The van der Waals surface area contributed by atoms with E-state index in [9.17, 15) is 44.1 Å². The Morgan fingerprint density at radius 1 is 1.06 bits per heavy atom. The molecule has 3 aromatic rings. The molecule has 0 aliphatic carbocycles. The summed E-state index contributed by atoms with van der Waals surface area (Å²) < 4.78 is 12.9. The lowest BCUT2D eigenvalue weighted by Gasteiger charge is -2.25. The van der Waals surface area contributed by atoms with Gasteiger partial charge in [-0.2, -0.15) is 0 Å². The number of carbonyl (C=O) groups is 4. The SMILES string of the molecule is C=CCn1c(=O)n([C@@H]2O[C@H](CO)[C@@H](O)[C@H]2O)c2cc(NC(=O)OCc3ccc(NC(=O)[C@H](CCCCN)NC(=O)[C@@H](NC(C)=O)C(C)C)cc3)[nH]c(=O)c21. The van der Waals surface area contributed by atoms with Gasteiger partial charge in [0.25, 0.3) is 5.56 Å². The number of aliphatic hydroxyl groups is 3. The minimum Gasteiger partial charge on any atom is -0.444 e. The number of carbonyl (C=O) groups excluding carboxylic acids is 4. The second kappa shape index (κ2) is 18.6. The maximum atomic E-state index is 13.4. The predicted octanol–water partition coefficient (Wildman–Crippen LogP) is -0.249. The summed E-state index contributed by atoms with van der Waals surface area (Å²) in [6, 6.07) is 5.91. The second-order valence-electron chi connectivity index (χ2n) is 13.2.